The molecule has 0 aliphatic rings. The fourth-order valence-electron chi connectivity index (χ4n) is 2.75. The lowest BCUT2D eigenvalue weighted by atomic mass is 10.1. The highest BCUT2D eigenvalue weighted by Crippen LogP contribution is 2.20. The number of nitrogens with one attached hydrogen (secondary N) is 2. The molecule has 148 valence electrons. The van der Waals surface area contributed by atoms with Gasteiger partial charge in [-0.1, -0.05) is 35.9 Å². The molecule has 2 N–H and O–H groups in total. The summed E-state index contributed by atoms with van der Waals surface area (Å²) in [5, 5.41) is 6.45. The van der Waals surface area contributed by atoms with Crippen LogP contribution >= 0.6 is 11.6 Å². The third-order valence-corrected chi connectivity index (χ3v) is 4.90. The standard InChI is InChI=1S/C23H22ClN3O2/c1-16-8-11-19(14-21(16)24)26-22(28)15-25-18-12-9-17(10-13-18)23(29)27(2)20-6-4-3-5-7-20/h3-14,25H,15H2,1-2H3,(H,26,28). The van der Waals surface area contributed by atoms with Crippen molar-refractivity contribution in [2.45, 2.75) is 6.92 Å². The van der Waals surface area contributed by atoms with Gasteiger partial charge in [0.15, 0.2) is 0 Å². The number of aryl methyl sites for hydroxylation is 1. The highest BCUT2D eigenvalue weighted by atomic mass is 35.5. The molecule has 2 amide bonds. The molecule has 0 aliphatic heterocycles. The van der Waals surface area contributed by atoms with Gasteiger partial charge in [-0.05, 0) is 61.0 Å². The molecule has 5 nitrogen and oxygen atoms in total. The third kappa shape index (κ3) is 5.36. The highest BCUT2D eigenvalue weighted by Gasteiger charge is 2.13. The van der Waals surface area contributed by atoms with Gasteiger partial charge in [0.2, 0.25) is 5.91 Å². The van der Waals surface area contributed by atoms with Gasteiger partial charge in [0, 0.05) is 34.7 Å². The predicted molar refractivity (Wildman–Crippen MR) is 119 cm³/mol. The van der Waals surface area contributed by atoms with Crippen LogP contribution in [-0.4, -0.2) is 25.4 Å². The maximum atomic E-state index is 12.6. The number of hydrogen-bond donors (Lipinski definition) is 2. The van der Waals surface area contributed by atoms with E-state index in [1.165, 1.54) is 0 Å². The number of rotatable bonds is 6. The molecule has 0 fully saturated rings. The van der Waals surface area contributed by atoms with Crippen LogP contribution in [0.25, 0.3) is 0 Å². The Bertz CT molecular complexity index is 1000. The Morgan fingerprint density at radius 1 is 0.931 bits per heavy atom. The lowest BCUT2D eigenvalue weighted by Gasteiger charge is -2.17. The van der Waals surface area contributed by atoms with Crippen molar-refractivity contribution < 1.29 is 9.59 Å². The van der Waals surface area contributed by atoms with Crippen LogP contribution in [0.1, 0.15) is 15.9 Å². The number of anilines is 3. The number of amides is 2. The fourth-order valence-corrected chi connectivity index (χ4v) is 2.93. The van der Waals surface area contributed by atoms with E-state index in [1.54, 1.807) is 42.3 Å². The summed E-state index contributed by atoms with van der Waals surface area (Å²) in [5.74, 6) is -0.286. The third-order valence-electron chi connectivity index (χ3n) is 4.49. The Morgan fingerprint density at radius 2 is 1.59 bits per heavy atom. The largest absolute Gasteiger partial charge is 0.376 e. The second-order valence-electron chi connectivity index (χ2n) is 6.64. The van der Waals surface area contributed by atoms with Crippen LogP contribution in [0.4, 0.5) is 17.1 Å². The van der Waals surface area contributed by atoms with Gasteiger partial charge in [-0.25, -0.2) is 0 Å². The average Bonchev–Trinajstić information content (AvgIpc) is 2.75. The second kappa shape index (κ2) is 9.26. The molecule has 0 atom stereocenters. The van der Waals surface area contributed by atoms with E-state index < -0.39 is 0 Å². The number of nitrogens with zero attached hydrogens (tertiary/aromatic N) is 1. The first-order valence-electron chi connectivity index (χ1n) is 9.17. The minimum absolute atomic E-state index is 0.0999. The molecule has 3 aromatic rings. The zero-order valence-corrected chi connectivity index (χ0v) is 17.0. The number of halogens is 1. The number of hydrogen-bond acceptors (Lipinski definition) is 3. The first kappa shape index (κ1) is 20.4. The molecule has 0 saturated heterocycles. The molecular weight excluding hydrogens is 386 g/mol. The molecule has 0 heterocycles. The lowest BCUT2D eigenvalue weighted by Crippen LogP contribution is -2.26. The smallest absolute Gasteiger partial charge is 0.258 e. The van der Waals surface area contributed by atoms with Gasteiger partial charge in [-0.15, -0.1) is 0 Å². The van der Waals surface area contributed by atoms with Crippen LogP contribution < -0.4 is 15.5 Å². The first-order chi connectivity index (χ1) is 13.9. The summed E-state index contributed by atoms with van der Waals surface area (Å²) in [6.45, 7) is 2.00. The summed E-state index contributed by atoms with van der Waals surface area (Å²) < 4.78 is 0. The molecule has 0 unspecified atom stereocenters. The molecular formula is C23H22ClN3O2. The maximum Gasteiger partial charge on any atom is 0.258 e. The summed E-state index contributed by atoms with van der Waals surface area (Å²) in [4.78, 5) is 26.3. The van der Waals surface area contributed by atoms with E-state index in [2.05, 4.69) is 10.6 Å². The van der Waals surface area contributed by atoms with Crippen LogP contribution in [-0.2, 0) is 4.79 Å². The predicted octanol–water partition coefficient (Wildman–Crippen LogP) is 4.98. The molecule has 0 bridgehead atoms. The summed E-state index contributed by atoms with van der Waals surface area (Å²) in [5.41, 5.74) is 3.75. The molecule has 0 saturated carbocycles. The second-order valence-corrected chi connectivity index (χ2v) is 7.05. The molecule has 29 heavy (non-hydrogen) atoms. The van der Waals surface area contributed by atoms with Gasteiger partial charge in [-0.2, -0.15) is 0 Å². The van der Waals surface area contributed by atoms with Gasteiger partial charge in [0.05, 0.1) is 6.54 Å². The Hall–Kier alpha value is -3.31. The monoisotopic (exact) mass is 407 g/mol. The summed E-state index contributed by atoms with van der Waals surface area (Å²) in [7, 11) is 1.74. The number of benzene rings is 3. The van der Waals surface area contributed by atoms with Crippen LogP contribution in [0.2, 0.25) is 5.02 Å². The summed E-state index contributed by atoms with van der Waals surface area (Å²) in [6, 6.07) is 21.9. The minimum atomic E-state index is -0.186. The van der Waals surface area contributed by atoms with E-state index in [1.807, 2.05) is 49.4 Å². The lowest BCUT2D eigenvalue weighted by molar-refractivity contribution is -0.114. The fraction of sp³-hybridized carbons (Fsp3) is 0.130. The van der Waals surface area contributed by atoms with Crippen molar-refractivity contribution in [1.82, 2.24) is 0 Å². The Labute approximate surface area is 175 Å². The minimum Gasteiger partial charge on any atom is -0.376 e. The van der Waals surface area contributed by atoms with Gasteiger partial charge in [-0.3, -0.25) is 9.59 Å². The molecule has 3 aromatic carbocycles. The van der Waals surface area contributed by atoms with E-state index in [-0.39, 0.29) is 18.4 Å². The Morgan fingerprint density at radius 3 is 2.24 bits per heavy atom. The summed E-state index contributed by atoms with van der Waals surface area (Å²) in [6.07, 6.45) is 0. The van der Waals surface area contributed by atoms with Gasteiger partial charge in [0.25, 0.3) is 5.91 Å². The van der Waals surface area contributed by atoms with E-state index in [0.717, 1.165) is 16.9 Å². The van der Waals surface area contributed by atoms with Crippen molar-refractivity contribution in [3.05, 3.63) is 88.9 Å². The van der Waals surface area contributed by atoms with Crippen LogP contribution in [0.15, 0.2) is 72.8 Å². The van der Waals surface area contributed by atoms with E-state index >= 15 is 0 Å². The molecule has 0 spiro atoms. The number of para-hydroxylation sites is 1. The van der Waals surface area contributed by atoms with Crippen molar-refractivity contribution >= 4 is 40.5 Å². The quantitative estimate of drug-likeness (QED) is 0.606. The zero-order chi connectivity index (χ0) is 20.8. The Balaban J connectivity index is 1.55. The zero-order valence-electron chi connectivity index (χ0n) is 16.3. The van der Waals surface area contributed by atoms with Gasteiger partial charge in [0.1, 0.15) is 0 Å². The molecule has 0 aromatic heterocycles. The summed E-state index contributed by atoms with van der Waals surface area (Å²) >= 11 is 6.07. The normalized spacial score (nSPS) is 10.3. The van der Waals surface area contributed by atoms with E-state index in [4.69, 9.17) is 11.6 Å². The van der Waals surface area contributed by atoms with Crippen molar-refractivity contribution in [3.8, 4) is 0 Å². The van der Waals surface area contributed by atoms with Crippen molar-refractivity contribution in [2.75, 3.05) is 29.1 Å². The highest BCUT2D eigenvalue weighted by molar-refractivity contribution is 6.31. The number of carbonyl (C=O) groups is 2. The average molecular weight is 408 g/mol. The van der Waals surface area contributed by atoms with Crippen molar-refractivity contribution in [2.24, 2.45) is 0 Å². The number of carbonyl (C=O) groups excluding carboxylic acids is 2. The van der Waals surface area contributed by atoms with Crippen LogP contribution in [0.5, 0.6) is 0 Å². The van der Waals surface area contributed by atoms with Crippen molar-refractivity contribution in [1.29, 1.82) is 0 Å². The molecule has 0 aliphatic carbocycles. The molecule has 0 radical (unpaired) electrons. The van der Waals surface area contributed by atoms with Crippen LogP contribution in [0.3, 0.4) is 0 Å². The molecule has 3 rings (SSSR count). The van der Waals surface area contributed by atoms with E-state index in [9.17, 15) is 9.59 Å². The SMILES string of the molecule is Cc1ccc(NC(=O)CNc2ccc(C(=O)N(C)c3ccccc3)cc2)cc1Cl. The molecule has 6 heteroatoms. The maximum absolute atomic E-state index is 12.6. The first-order valence-corrected chi connectivity index (χ1v) is 9.55. The van der Waals surface area contributed by atoms with Crippen LogP contribution in [0, 0.1) is 6.92 Å². The van der Waals surface area contributed by atoms with Crippen molar-refractivity contribution in [3.63, 3.8) is 0 Å². The van der Waals surface area contributed by atoms with Gasteiger partial charge < -0.3 is 15.5 Å². The van der Waals surface area contributed by atoms with E-state index in [0.29, 0.717) is 16.3 Å². The Kier molecular flexibility index (Phi) is 6.52. The van der Waals surface area contributed by atoms with Gasteiger partial charge >= 0.3 is 0 Å². The topological polar surface area (TPSA) is 61.4 Å².